The average molecular weight is 240 g/mol. The Morgan fingerprint density at radius 3 is 2.94 bits per heavy atom. The van der Waals surface area contributed by atoms with E-state index in [1.807, 2.05) is 6.92 Å². The standard InChI is InChI=1S/C11H20N4O2/c1-9-10(11(17)14(2)6-7-16)8-13-15(9)5-3-4-12/h8,16H,3-7,12H2,1-2H3. The number of aliphatic hydroxyl groups excluding tert-OH is 1. The number of aromatic nitrogens is 2. The van der Waals surface area contributed by atoms with Crippen LogP contribution < -0.4 is 5.73 Å². The molecule has 6 nitrogen and oxygen atoms in total. The molecule has 0 aliphatic heterocycles. The first-order valence-corrected chi connectivity index (χ1v) is 5.70. The van der Waals surface area contributed by atoms with Gasteiger partial charge in [0.2, 0.25) is 0 Å². The highest BCUT2D eigenvalue weighted by molar-refractivity contribution is 5.94. The number of carbonyl (C=O) groups excluding carboxylic acids is 1. The molecule has 6 heteroatoms. The summed E-state index contributed by atoms with van der Waals surface area (Å²) >= 11 is 0. The van der Waals surface area contributed by atoms with Crippen LogP contribution in [0.1, 0.15) is 22.5 Å². The SMILES string of the molecule is Cc1c(C(=O)N(C)CCO)cnn1CCCN. The van der Waals surface area contributed by atoms with Crippen LogP contribution in [0.3, 0.4) is 0 Å². The molecular weight excluding hydrogens is 220 g/mol. The molecule has 0 saturated heterocycles. The Morgan fingerprint density at radius 1 is 1.65 bits per heavy atom. The fourth-order valence-electron chi connectivity index (χ4n) is 1.58. The lowest BCUT2D eigenvalue weighted by Crippen LogP contribution is -2.29. The Hall–Kier alpha value is -1.40. The molecule has 1 heterocycles. The minimum Gasteiger partial charge on any atom is -0.395 e. The fourth-order valence-corrected chi connectivity index (χ4v) is 1.58. The number of aliphatic hydroxyl groups is 1. The zero-order chi connectivity index (χ0) is 12.8. The molecule has 17 heavy (non-hydrogen) atoms. The molecule has 0 aliphatic rings. The third-order valence-corrected chi connectivity index (χ3v) is 2.69. The van der Waals surface area contributed by atoms with Crippen LogP contribution in [0.15, 0.2) is 6.20 Å². The average Bonchev–Trinajstić information content (AvgIpc) is 2.67. The number of nitrogens with zero attached hydrogens (tertiary/aromatic N) is 3. The monoisotopic (exact) mass is 240 g/mol. The zero-order valence-electron chi connectivity index (χ0n) is 10.4. The Labute approximate surface area is 101 Å². The maximum Gasteiger partial charge on any atom is 0.257 e. The van der Waals surface area contributed by atoms with Crippen LogP contribution in [0.25, 0.3) is 0 Å². The molecule has 0 radical (unpaired) electrons. The van der Waals surface area contributed by atoms with Crippen molar-refractivity contribution in [3.8, 4) is 0 Å². The molecule has 96 valence electrons. The van der Waals surface area contributed by atoms with Crippen molar-refractivity contribution in [3.63, 3.8) is 0 Å². The molecule has 0 aliphatic carbocycles. The first-order valence-electron chi connectivity index (χ1n) is 5.70. The molecule has 0 bridgehead atoms. The summed E-state index contributed by atoms with van der Waals surface area (Å²) in [6.45, 7) is 3.48. The van der Waals surface area contributed by atoms with Crippen LogP contribution in [-0.4, -0.2) is 52.4 Å². The van der Waals surface area contributed by atoms with Crippen LogP contribution in [0.2, 0.25) is 0 Å². The predicted molar refractivity (Wildman–Crippen MR) is 64.7 cm³/mol. The molecule has 3 N–H and O–H groups in total. The fraction of sp³-hybridized carbons (Fsp3) is 0.636. The van der Waals surface area contributed by atoms with Gasteiger partial charge in [-0.25, -0.2) is 0 Å². The predicted octanol–water partition coefficient (Wildman–Crippen LogP) is -0.395. The summed E-state index contributed by atoms with van der Waals surface area (Å²) in [6, 6.07) is 0. The van der Waals surface area contributed by atoms with E-state index in [1.165, 1.54) is 4.90 Å². The number of hydrogen-bond donors (Lipinski definition) is 2. The van der Waals surface area contributed by atoms with Crippen molar-refractivity contribution in [2.75, 3.05) is 26.7 Å². The molecule has 0 saturated carbocycles. The first-order chi connectivity index (χ1) is 8.11. The number of likely N-dealkylation sites (N-methyl/N-ethyl adjacent to an activating group) is 1. The van der Waals surface area contributed by atoms with Crippen molar-refractivity contribution in [2.24, 2.45) is 5.73 Å². The number of rotatable bonds is 6. The van der Waals surface area contributed by atoms with Crippen LogP contribution in [0.5, 0.6) is 0 Å². The minimum atomic E-state index is -0.115. The summed E-state index contributed by atoms with van der Waals surface area (Å²) < 4.78 is 1.78. The van der Waals surface area contributed by atoms with Gasteiger partial charge in [-0.1, -0.05) is 0 Å². The van der Waals surface area contributed by atoms with E-state index in [4.69, 9.17) is 10.8 Å². The van der Waals surface area contributed by atoms with E-state index >= 15 is 0 Å². The molecule has 1 aromatic rings. The van der Waals surface area contributed by atoms with Crippen LogP contribution in [0, 0.1) is 6.92 Å². The second kappa shape index (κ2) is 6.36. The summed E-state index contributed by atoms with van der Waals surface area (Å²) in [7, 11) is 1.66. The van der Waals surface area contributed by atoms with Gasteiger partial charge in [-0.3, -0.25) is 9.48 Å². The summed E-state index contributed by atoms with van der Waals surface area (Å²) in [5.41, 5.74) is 6.86. The Kier molecular flexibility index (Phi) is 5.11. The molecule has 0 spiro atoms. The number of carbonyl (C=O) groups is 1. The number of aryl methyl sites for hydroxylation is 1. The van der Waals surface area contributed by atoms with Crippen LogP contribution >= 0.6 is 0 Å². The molecule has 1 amide bonds. The summed E-state index contributed by atoms with van der Waals surface area (Å²) in [5.74, 6) is -0.115. The van der Waals surface area contributed by atoms with E-state index in [0.717, 1.165) is 18.7 Å². The number of hydrogen-bond acceptors (Lipinski definition) is 4. The lowest BCUT2D eigenvalue weighted by atomic mass is 10.2. The molecule has 1 aromatic heterocycles. The van der Waals surface area contributed by atoms with E-state index in [2.05, 4.69) is 5.10 Å². The Bertz CT molecular complexity index is 376. The van der Waals surface area contributed by atoms with E-state index < -0.39 is 0 Å². The molecule has 0 fully saturated rings. The number of amides is 1. The van der Waals surface area contributed by atoms with Gasteiger partial charge in [0, 0.05) is 25.8 Å². The largest absolute Gasteiger partial charge is 0.395 e. The molecule has 0 atom stereocenters. The number of nitrogens with two attached hydrogens (primary N) is 1. The topological polar surface area (TPSA) is 84.4 Å². The van der Waals surface area contributed by atoms with Gasteiger partial charge in [-0.05, 0) is 19.9 Å². The van der Waals surface area contributed by atoms with E-state index in [9.17, 15) is 4.79 Å². The van der Waals surface area contributed by atoms with Crippen molar-refractivity contribution in [2.45, 2.75) is 19.9 Å². The van der Waals surface area contributed by atoms with E-state index in [-0.39, 0.29) is 12.5 Å². The molecule has 0 aromatic carbocycles. The lowest BCUT2D eigenvalue weighted by Gasteiger charge is -2.15. The van der Waals surface area contributed by atoms with Crippen molar-refractivity contribution in [3.05, 3.63) is 17.5 Å². The summed E-state index contributed by atoms with van der Waals surface area (Å²) in [5, 5.41) is 13.0. The van der Waals surface area contributed by atoms with Gasteiger partial charge < -0.3 is 15.7 Å². The highest BCUT2D eigenvalue weighted by Crippen LogP contribution is 2.10. The van der Waals surface area contributed by atoms with Crippen LogP contribution in [-0.2, 0) is 6.54 Å². The molecular formula is C11H20N4O2. The highest BCUT2D eigenvalue weighted by Gasteiger charge is 2.17. The van der Waals surface area contributed by atoms with Gasteiger partial charge in [-0.2, -0.15) is 5.10 Å². The van der Waals surface area contributed by atoms with Gasteiger partial charge in [-0.15, -0.1) is 0 Å². The minimum absolute atomic E-state index is 0.0391. The van der Waals surface area contributed by atoms with Gasteiger partial charge in [0.25, 0.3) is 5.91 Å². The van der Waals surface area contributed by atoms with Gasteiger partial charge in [0.05, 0.1) is 18.4 Å². The smallest absolute Gasteiger partial charge is 0.257 e. The normalized spacial score (nSPS) is 10.6. The van der Waals surface area contributed by atoms with Gasteiger partial charge in [0.1, 0.15) is 0 Å². The Balaban J connectivity index is 2.77. The molecule has 1 rings (SSSR count). The van der Waals surface area contributed by atoms with Crippen molar-refractivity contribution in [1.82, 2.24) is 14.7 Å². The first kappa shape index (κ1) is 13.7. The third kappa shape index (κ3) is 3.28. The van der Waals surface area contributed by atoms with Crippen molar-refractivity contribution < 1.29 is 9.90 Å². The van der Waals surface area contributed by atoms with E-state index in [1.54, 1.807) is 17.9 Å². The second-order valence-corrected chi connectivity index (χ2v) is 3.96. The maximum absolute atomic E-state index is 12.0. The Morgan fingerprint density at radius 2 is 2.35 bits per heavy atom. The van der Waals surface area contributed by atoms with Crippen molar-refractivity contribution >= 4 is 5.91 Å². The highest BCUT2D eigenvalue weighted by atomic mass is 16.3. The van der Waals surface area contributed by atoms with Crippen molar-refractivity contribution in [1.29, 1.82) is 0 Å². The molecule has 0 unspecified atom stereocenters. The van der Waals surface area contributed by atoms with E-state index in [0.29, 0.717) is 18.7 Å². The second-order valence-electron chi connectivity index (χ2n) is 3.96. The zero-order valence-corrected chi connectivity index (χ0v) is 10.4. The summed E-state index contributed by atoms with van der Waals surface area (Å²) in [6.07, 6.45) is 2.41. The van der Waals surface area contributed by atoms with Crippen LogP contribution in [0.4, 0.5) is 0 Å². The third-order valence-electron chi connectivity index (χ3n) is 2.69. The van der Waals surface area contributed by atoms with Gasteiger partial charge in [0.15, 0.2) is 0 Å². The lowest BCUT2D eigenvalue weighted by molar-refractivity contribution is 0.0766. The maximum atomic E-state index is 12.0. The quantitative estimate of drug-likeness (QED) is 0.709. The van der Waals surface area contributed by atoms with Gasteiger partial charge >= 0.3 is 0 Å². The summed E-state index contributed by atoms with van der Waals surface area (Å²) in [4.78, 5) is 13.5.